The molecule has 1 aliphatic heterocycles. The molecule has 26 heavy (non-hydrogen) atoms. The third kappa shape index (κ3) is 3.29. The van der Waals surface area contributed by atoms with Crippen molar-refractivity contribution in [1.82, 2.24) is 4.98 Å². The fourth-order valence-electron chi connectivity index (χ4n) is 2.76. The monoisotopic (exact) mass is 352 g/mol. The van der Waals surface area contributed by atoms with Crippen LogP contribution in [0.2, 0.25) is 0 Å². The molecule has 7 nitrogen and oxygen atoms in total. The molecule has 1 amide bonds. The number of amides is 1. The maximum absolute atomic E-state index is 12.7. The van der Waals surface area contributed by atoms with Crippen molar-refractivity contribution in [2.75, 3.05) is 18.5 Å². The van der Waals surface area contributed by atoms with Crippen molar-refractivity contribution in [3.05, 3.63) is 64.6 Å². The fourth-order valence-corrected chi connectivity index (χ4v) is 2.76. The standard InChI is InChI=1S/C19H16N2O5/c22-17(14-5-3-8-20-18(14)25-13-7-9-24-11-13)21-15-10-12-4-1-2-6-16(12)26-19(15)23/h1-6,8,10,13H,7,9,11H2,(H,21,22). The SMILES string of the molecule is O=C(Nc1cc2ccccc2oc1=O)c1cccnc1OC1CCOC1. The maximum atomic E-state index is 12.7. The fraction of sp³-hybridized carbons (Fsp3) is 0.211. The lowest BCUT2D eigenvalue weighted by Crippen LogP contribution is -2.22. The van der Waals surface area contributed by atoms with Crippen LogP contribution in [0.3, 0.4) is 0 Å². The quantitative estimate of drug-likeness (QED) is 0.726. The smallest absolute Gasteiger partial charge is 0.360 e. The van der Waals surface area contributed by atoms with Gasteiger partial charge in [-0.3, -0.25) is 4.79 Å². The van der Waals surface area contributed by atoms with E-state index in [0.717, 1.165) is 6.42 Å². The number of aromatic nitrogens is 1. The zero-order chi connectivity index (χ0) is 17.9. The zero-order valence-electron chi connectivity index (χ0n) is 13.8. The topological polar surface area (TPSA) is 90.7 Å². The van der Waals surface area contributed by atoms with E-state index in [-0.39, 0.29) is 23.2 Å². The van der Waals surface area contributed by atoms with E-state index in [4.69, 9.17) is 13.9 Å². The minimum Gasteiger partial charge on any atom is -0.471 e. The Balaban J connectivity index is 1.60. The lowest BCUT2D eigenvalue weighted by Gasteiger charge is -2.14. The first-order chi connectivity index (χ1) is 12.7. The van der Waals surface area contributed by atoms with Gasteiger partial charge in [-0.1, -0.05) is 18.2 Å². The van der Waals surface area contributed by atoms with Crippen molar-refractivity contribution >= 4 is 22.6 Å². The number of hydrogen-bond acceptors (Lipinski definition) is 6. The van der Waals surface area contributed by atoms with Gasteiger partial charge >= 0.3 is 5.63 Å². The second kappa shape index (κ2) is 6.97. The number of rotatable bonds is 4. The summed E-state index contributed by atoms with van der Waals surface area (Å²) in [6.07, 6.45) is 2.15. The van der Waals surface area contributed by atoms with Gasteiger partial charge in [-0.05, 0) is 24.3 Å². The molecule has 3 aromatic rings. The molecule has 1 aromatic carbocycles. The summed E-state index contributed by atoms with van der Waals surface area (Å²) in [7, 11) is 0. The molecule has 0 radical (unpaired) electrons. The van der Waals surface area contributed by atoms with Gasteiger partial charge < -0.3 is 19.2 Å². The van der Waals surface area contributed by atoms with Crippen LogP contribution in [0.5, 0.6) is 5.88 Å². The Kier molecular flexibility index (Phi) is 4.37. The van der Waals surface area contributed by atoms with E-state index in [1.165, 1.54) is 0 Å². The summed E-state index contributed by atoms with van der Waals surface area (Å²) in [4.78, 5) is 28.9. The maximum Gasteiger partial charge on any atom is 0.360 e. The Morgan fingerprint density at radius 1 is 1.23 bits per heavy atom. The molecule has 1 aliphatic rings. The molecule has 3 heterocycles. The molecule has 0 aliphatic carbocycles. The number of anilines is 1. The molecule has 1 atom stereocenters. The van der Waals surface area contributed by atoms with E-state index >= 15 is 0 Å². The number of benzene rings is 1. The summed E-state index contributed by atoms with van der Waals surface area (Å²) in [5.41, 5.74) is 0.148. The second-order valence-corrected chi connectivity index (χ2v) is 5.90. The highest BCUT2D eigenvalue weighted by Crippen LogP contribution is 2.21. The van der Waals surface area contributed by atoms with Crippen LogP contribution in [0.25, 0.3) is 11.0 Å². The summed E-state index contributed by atoms with van der Waals surface area (Å²) in [5.74, 6) is -0.278. The van der Waals surface area contributed by atoms with E-state index < -0.39 is 11.5 Å². The number of nitrogens with one attached hydrogen (secondary N) is 1. The predicted molar refractivity (Wildman–Crippen MR) is 94.5 cm³/mol. The number of ether oxygens (including phenoxy) is 2. The number of hydrogen-bond donors (Lipinski definition) is 1. The van der Waals surface area contributed by atoms with Gasteiger partial charge in [-0.25, -0.2) is 9.78 Å². The van der Waals surface area contributed by atoms with Gasteiger partial charge in [-0.2, -0.15) is 0 Å². The van der Waals surface area contributed by atoms with Crippen molar-refractivity contribution in [2.45, 2.75) is 12.5 Å². The van der Waals surface area contributed by atoms with Crippen molar-refractivity contribution in [2.24, 2.45) is 0 Å². The first-order valence-corrected chi connectivity index (χ1v) is 8.24. The molecule has 1 unspecified atom stereocenters. The Hall–Kier alpha value is -3.19. The van der Waals surface area contributed by atoms with Crippen molar-refractivity contribution in [1.29, 1.82) is 0 Å². The normalized spacial score (nSPS) is 16.5. The van der Waals surface area contributed by atoms with E-state index in [9.17, 15) is 9.59 Å². The minimum atomic E-state index is -0.618. The Labute approximate surface area is 148 Å². The average molecular weight is 352 g/mol. The lowest BCUT2D eigenvalue weighted by atomic mass is 10.2. The van der Waals surface area contributed by atoms with E-state index in [2.05, 4.69) is 10.3 Å². The highest BCUT2D eigenvalue weighted by molar-refractivity contribution is 6.06. The molecule has 0 bridgehead atoms. The molecule has 132 valence electrons. The Bertz CT molecular complexity index is 1010. The van der Waals surface area contributed by atoms with Gasteiger partial charge in [0.15, 0.2) is 0 Å². The van der Waals surface area contributed by atoms with Gasteiger partial charge in [-0.15, -0.1) is 0 Å². The van der Waals surface area contributed by atoms with E-state index in [0.29, 0.717) is 24.2 Å². The number of carbonyl (C=O) groups is 1. The molecule has 1 saturated heterocycles. The highest BCUT2D eigenvalue weighted by Gasteiger charge is 2.22. The number of para-hydroxylation sites is 1. The summed E-state index contributed by atoms with van der Waals surface area (Å²) in [6.45, 7) is 1.09. The van der Waals surface area contributed by atoms with Gasteiger partial charge in [0.05, 0.1) is 13.2 Å². The van der Waals surface area contributed by atoms with Crippen LogP contribution in [-0.4, -0.2) is 30.2 Å². The molecular formula is C19H16N2O5. The summed E-state index contributed by atoms with van der Waals surface area (Å²) in [6, 6.07) is 11.9. The van der Waals surface area contributed by atoms with Crippen LogP contribution >= 0.6 is 0 Å². The summed E-state index contributed by atoms with van der Waals surface area (Å²) in [5, 5.41) is 3.30. The largest absolute Gasteiger partial charge is 0.471 e. The Morgan fingerprint density at radius 2 is 2.12 bits per heavy atom. The van der Waals surface area contributed by atoms with Gasteiger partial charge in [0.1, 0.15) is 22.9 Å². The number of nitrogens with zero attached hydrogens (tertiary/aromatic N) is 1. The summed E-state index contributed by atoms with van der Waals surface area (Å²) >= 11 is 0. The van der Waals surface area contributed by atoms with Crippen LogP contribution in [0.4, 0.5) is 5.69 Å². The van der Waals surface area contributed by atoms with Crippen molar-refractivity contribution in [3.8, 4) is 5.88 Å². The van der Waals surface area contributed by atoms with Crippen LogP contribution < -0.4 is 15.7 Å². The summed E-state index contributed by atoms with van der Waals surface area (Å²) < 4.78 is 16.3. The van der Waals surface area contributed by atoms with E-state index in [1.807, 2.05) is 6.07 Å². The lowest BCUT2D eigenvalue weighted by molar-refractivity contribution is 0.101. The number of pyridine rings is 1. The third-order valence-corrected chi connectivity index (χ3v) is 4.07. The van der Waals surface area contributed by atoms with Crippen molar-refractivity contribution in [3.63, 3.8) is 0 Å². The molecule has 0 saturated carbocycles. The van der Waals surface area contributed by atoms with Crippen LogP contribution in [-0.2, 0) is 4.74 Å². The Morgan fingerprint density at radius 3 is 2.96 bits per heavy atom. The van der Waals surface area contributed by atoms with Gasteiger partial charge in [0, 0.05) is 18.0 Å². The minimum absolute atomic E-state index is 0.0627. The molecule has 4 rings (SSSR count). The molecule has 2 aromatic heterocycles. The highest BCUT2D eigenvalue weighted by atomic mass is 16.5. The molecule has 7 heteroatoms. The number of carbonyl (C=O) groups excluding carboxylic acids is 1. The van der Waals surface area contributed by atoms with Crippen LogP contribution in [0.1, 0.15) is 16.8 Å². The molecule has 0 spiro atoms. The van der Waals surface area contributed by atoms with Gasteiger partial charge in [0.25, 0.3) is 5.91 Å². The van der Waals surface area contributed by atoms with Crippen LogP contribution in [0.15, 0.2) is 57.9 Å². The molecule has 1 N–H and O–H groups in total. The second-order valence-electron chi connectivity index (χ2n) is 5.90. The van der Waals surface area contributed by atoms with Crippen LogP contribution in [0, 0.1) is 0 Å². The third-order valence-electron chi connectivity index (χ3n) is 4.07. The number of fused-ring (bicyclic) bond motifs is 1. The first kappa shape index (κ1) is 16.3. The van der Waals surface area contributed by atoms with Gasteiger partial charge in [0.2, 0.25) is 5.88 Å². The average Bonchev–Trinajstić information content (AvgIpc) is 3.16. The zero-order valence-corrected chi connectivity index (χ0v) is 13.8. The molecule has 1 fully saturated rings. The first-order valence-electron chi connectivity index (χ1n) is 8.24. The van der Waals surface area contributed by atoms with E-state index in [1.54, 1.807) is 42.6 Å². The predicted octanol–water partition coefficient (Wildman–Crippen LogP) is 2.61. The van der Waals surface area contributed by atoms with Crippen molar-refractivity contribution < 1.29 is 18.7 Å². The molecular weight excluding hydrogens is 336 g/mol.